The molecule has 3 rings (SSSR count). The van der Waals surface area contributed by atoms with E-state index >= 15 is 0 Å². The summed E-state index contributed by atoms with van der Waals surface area (Å²) in [5.41, 5.74) is 2.49. The van der Waals surface area contributed by atoms with Crippen molar-refractivity contribution in [1.29, 1.82) is 0 Å². The highest BCUT2D eigenvalue weighted by atomic mass is 32.2. The van der Waals surface area contributed by atoms with Gasteiger partial charge >= 0.3 is 0 Å². The fraction of sp³-hybridized carbons (Fsp3) is 0.200. The lowest BCUT2D eigenvalue weighted by Gasteiger charge is -2.19. The molecule has 0 radical (unpaired) electrons. The summed E-state index contributed by atoms with van der Waals surface area (Å²) in [6.45, 7) is 6.65. The Bertz CT molecular complexity index is 848. The Balaban J connectivity index is 1.77. The Morgan fingerprint density at radius 1 is 1.08 bits per heavy atom. The molecule has 0 aromatic heterocycles. The van der Waals surface area contributed by atoms with Crippen molar-refractivity contribution in [3.8, 4) is 0 Å². The van der Waals surface area contributed by atoms with Gasteiger partial charge in [0.25, 0.3) is 5.91 Å². The van der Waals surface area contributed by atoms with Crippen LogP contribution in [0.2, 0.25) is 0 Å². The average Bonchev–Trinajstić information content (AvgIpc) is 2.85. The molecule has 1 aliphatic rings. The molecule has 5 heteroatoms. The summed E-state index contributed by atoms with van der Waals surface area (Å²) in [4.78, 5) is 14.8. The third kappa shape index (κ3) is 4.75. The predicted octanol–water partition coefficient (Wildman–Crippen LogP) is 5.62. The second-order valence-corrected chi connectivity index (χ2v) is 9.67. The van der Waals surface area contributed by atoms with Crippen LogP contribution in [0.15, 0.2) is 63.2 Å². The van der Waals surface area contributed by atoms with Gasteiger partial charge in [-0.1, -0.05) is 80.8 Å². The van der Waals surface area contributed by atoms with Crippen LogP contribution in [0.4, 0.5) is 0 Å². The fourth-order valence-electron chi connectivity index (χ4n) is 2.40. The SMILES string of the molecule is CC(C)(C)c1ccc(Sc2cccc(/C=C3\SC(=S)NC3=O)c2)cc1. The van der Waals surface area contributed by atoms with E-state index in [1.807, 2.05) is 18.2 Å². The van der Waals surface area contributed by atoms with Crippen molar-refractivity contribution >= 4 is 52.0 Å². The van der Waals surface area contributed by atoms with Gasteiger partial charge in [-0.25, -0.2) is 0 Å². The number of hydrogen-bond acceptors (Lipinski definition) is 4. The first kappa shape index (κ1) is 18.2. The molecule has 0 atom stereocenters. The van der Waals surface area contributed by atoms with Crippen LogP contribution < -0.4 is 5.32 Å². The van der Waals surface area contributed by atoms with Gasteiger partial charge in [-0.3, -0.25) is 4.79 Å². The van der Waals surface area contributed by atoms with Gasteiger partial charge in [0, 0.05) is 9.79 Å². The molecule has 0 aliphatic carbocycles. The number of benzene rings is 2. The van der Waals surface area contributed by atoms with Crippen molar-refractivity contribution in [2.75, 3.05) is 0 Å². The first-order valence-electron chi connectivity index (χ1n) is 7.94. The molecular weight excluding hydrogens is 366 g/mol. The average molecular weight is 386 g/mol. The Kier molecular flexibility index (Phi) is 5.37. The van der Waals surface area contributed by atoms with Crippen LogP contribution in [0.1, 0.15) is 31.9 Å². The van der Waals surface area contributed by atoms with Crippen LogP contribution in [0.3, 0.4) is 0 Å². The van der Waals surface area contributed by atoms with E-state index in [0.29, 0.717) is 9.23 Å². The van der Waals surface area contributed by atoms with E-state index in [1.54, 1.807) is 11.8 Å². The molecule has 1 aliphatic heterocycles. The maximum Gasteiger partial charge on any atom is 0.263 e. The van der Waals surface area contributed by atoms with Gasteiger partial charge < -0.3 is 5.32 Å². The zero-order valence-electron chi connectivity index (χ0n) is 14.3. The molecule has 2 aromatic carbocycles. The first-order chi connectivity index (χ1) is 11.8. The second kappa shape index (κ2) is 7.36. The summed E-state index contributed by atoms with van der Waals surface area (Å²) < 4.78 is 0.515. The molecule has 0 unspecified atom stereocenters. The van der Waals surface area contributed by atoms with Crippen LogP contribution in [0, 0.1) is 0 Å². The number of thiocarbonyl (C=S) groups is 1. The summed E-state index contributed by atoms with van der Waals surface area (Å²) >= 11 is 8.05. The molecule has 0 spiro atoms. The minimum Gasteiger partial charge on any atom is -0.307 e. The van der Waals surface area contributed by atoms with Crippen LogP contribution in [-0.2, 0) is 10.2 Å². The van der Waals surface area contributed by atoms with Gasteiger partial charge in [-0.05, 0) is 46.9 Å². The molecule has 0 bridgehead atoms. The highest BCUT2D eigenvalue weighted by Crippen LogP contribution is 2.32. The number of carbonyl (C=O) groups excluding carboxylic acids is 1. The minimum absolute atomic E-state index is 0.120. The van der Waals surface area contributed by atoms with E-state index in [2.05, 4.69) is 62.5 Å². The lowest BCUT2D eigenvalue weighted by Crippen LogP contribution is -2.17. The van der Waals surface area contributed by atoms with E-state index in [4.69, 9.17) is 12.2 Å². The Morgan fingerprint density at radius 3 is 2.40 bits per heavy atom. The zero-order chi connectivity index (χ0) is 18.0. The lowest BCUT2D eigenvalue weighted by atomic mass is 9.87. The number of thioether (sulfide) groups is 1. The minimum atomic E-state index is -0.120. The largest absolute Gasteiger partial charge is 0.307 e. The Morgan fingerprint density at radius 2 is 1.80 bits per heavy atom. The van der Waals surface area contributed by atoms with Crippen molar-refractivity contribution in [2.24, 2.45) is 0 Å². The van der Waals surface area contributed by atoms with Gasteiger partial charge in [0.2, 0.25) is 0 Å². The highest BCUT2D eigenvalue weighted by molar-refractivity contribution is 8.26. The van der Waals surface area contributed by atoms with Gasteiger partial charge in [0.15, 0.2) is 0 Å². The first-order valence-corrected chi connectivity index (χ1v) is 9.99. The monoisotopic (exact) mass is 385 g/mol. The molecule has 2 aromatic rings. The van der Waals surface area contributed by atoms with Crippen LogP contribution in [0.25, 0.3) is 6.08 Å². The van der Waals surface area contributed by atoms with Gasteiger partial charge in [-0.15, -0.1) is 0 Å². The van der Waals surface area contributed by atoms with E-state index in [-0.39, 0.29) is 11.3 Å². The van der Waals surface area contributed by atoms with Crippen molar-refractivity contribution in [1.82, 2.24) is 5.32 Å². The quantitative estimate of drug-likeness (QED) is 0.548. The Labute approximate surface area is 162 Å². The molecule has 128 valence electrons. The summed E-state index contributed by atoms with van der Waals surface area (Å²) in [5.74, 6) is -0.120. The molecule has 1 saturated heterocycles. The maximum absolute atomic E-state index is 11.8. The predicted molar refractivity (Wildman–Crippen MR) is 112 cm³/mol. The molecule has 1 N–H and O–H groups in total. The smallest absolute Gasteiger partial charge is 0.263 e. The van der Waals surface area contributed by atoms with Crippen molar-refractivity contribution < 1.29 is 4.79 Å². The van der Waals surface area contributed by atoms with E-state index in [0.717, 1.165) is 10.5 Å². The maximum atomic E-state index is 11.8. The molecular formula is C20H19NOS3. The number of amides is 1. The summed E-state index contributed by atoms with van der Waals surface area (Å²) in [5, 5.41) is 2.64. The standard InChI is InChI=1S/C20H19NOS3/c1-20(2,3)14-7-9-15(10-8-14)24-16-6-4-5-13(11-16)12-17-18(22)21-19(23)25-17/h4-12H,1-3H3,(H,21,22,23)/b17-12-. The third-order valence-electron chi connectivity index (χ3n) is 3.75. The number of rotatable bonds is 3. The molecule has 0 saturated carbocycles. The van der Waals surface area contributed by atoms with Crippen molar-refractivity contribution in [3.63, 3.8) is 0 Å². The van der Waals surface area contributed by atoms with Gasteiger partial charge in [0.1, 0.15) is 4.32 Å². The second-order valence-electron chi connectivity index (χ2n) is 6.80. The van der Waals surface area contributed by atoms with E-state index < -0.39 is 0 Å². The molecule has 25 heavy (non-hydrogen) atoms. The molecule has 1 amide bonds. The van der Waals surface area contributed by atoms with E-state index in [9.17, 15) is 4.79 Å². The summed E-state index contributed by atoms with van der Waals surface area (Å²) in [7, 11) is 0. The molecule has 1 fully saturated rings. The number of carbonyl (C=O) groups is 1. The normalized spacial score (nSPS) is 16.4. The van der Waals surface area contributed by atoms with Crippen LogP contribution in [-0.4, -0.2) is 10.2 Å². The highest BCUT2D eigenvalue weighted by Gasteiger charge is 2.21. The van der Waals surface area contributed by atoms with E-state index in [1.165, 1.54) is 22.2 Å². The zero-order valence-corrected chi connectivity index (χ0v) is 16.8. The summed E-state index contributed by atoms with van der Waals surface area (Å²) in [6, 6.07) is 16.9. The third-order valence-corrected chi connectivity index (χ3v) is 5.91. The fourth-order valence-corrected chi connectivity index (χ4v) is 4.33. The topological polar surface area (TPSA) is 29.1 Å². The number of hydrogen-bond donors (Lipinski definition) is 1. The van der Waals surface area contributed by atoms with Gasteiger partial charge in [-0.2, -0.15) is 0 Å². The van der Waals surface area contributed by atoms with Crippen molar-refractivity contribution in [3.05, 3.63) is 64.6 Å². The molecule has 2 nitrogen and oxygen atoms in total. The van der Waals surface area contributed by atoms with Crippen molar-refractivity contribution in [2.45, 2.75) is 36.0 Å². The van der Waals surface area contributed by atoms with Gasteiger partial charge in [0.05, 0.1) is 4.91 Å². The Hall–Kier alpha value is -1.56. The van der Waals surface area contributed by atoms with Crippen LogP contribution in [0.5, 0.6) is 0 Å². The molecule has 1 heterocycles. The van der Waals surface area contributed by atoms with Crippen LogP contribution >= 0.6 is 35.7 Å². The lowest BCUT2D eigenvalue weighted by molar-refractivity contribution is -0.115. The summed E-state index contributed by atoms with van der Waals surface area (Å²) in [6.07, 6.45) is 1.88. The number of nitrogens with one attached hydrogen (secondary N) is 1.